The van der Waals surface area contributed by atoms with Gasteiger partial charge in [0.15, 0.2) is 4.34 Å². The summed E-state index contributed by atoms with van der Waals surface area (Å²) in [5.74, 6) is 1.09. The molecule has 1 N–H and O–H groups in total. The van der Waals surface area contributed by atoms with E-state index in [1.807, 2.05) is 6.92 Å². The lowest BCUT2D eigenvalue weighted by Gasteiger charge is -2.02. The van der Waals surface area contributed by atoms with Crippen LogP contribution in [0.5, 0.6) is 0 Å². The number of nitrogens with zero attached hydrogens (tertiary/aromatic N) is 2. The summed E-state index contributed by atoms with van der Waals surface area (Å²) in [4.78, 5) is 0. The van der Waals surface area contributed by atoms with Crippen LogP contribution < -0.4 is 5.32 Å². The van der Waals surface area contributed by atoms with Crippen LogP contribution in [0.4, 0.5) is 0 Å². The van der Waals surface area contributed by atoms with Gasteiger partial charge in [0.2, 0.25) is 0 Å². The lowest BCUT2D eigenvalue weighted by Crippen LogP contribution is -2.18. The van der Waals surface area contributed by atoms with Crippen LogP contribution in [0.3, 0.4) is 0 Å². The van der Waals surface area contributed by atoms with Gasteiger partial charge in [0.1, 0.15) is 5.01 Å². The first-order chi connectivity index (χ1) is 7.83. The van der Waals surface area contributed by atoms with Crippen molar-refractivity contribution >= 4 is 23.1 Å². The van der Waals surface area contributed by atoms with Gasteiger partial charge in [0, 0.05) is 12.3 Å². The second-order valence-corrected chi connectivity index (χ2v) is 6.27. The molecule has 0 bridgehead atoms. The van der Waals surface area contributed by atoms with Gasteiger partial charge in [-0.3, -0.25) is 0 Å². The average Bonchev–Trinajstić information content (AvgIpc) is 2.68. The third kappa shape index (κ3) is 6.45. The number of hydrogen-bond donors (Lipinski definition) is 1. The number of nitrogens with one attached hydrogen (secondary N) is 1. The highest BCUT2D eigenvalue weighted by Gasteiger charge is 1.99. The molecule has 1 aromatic rings. The predicted octanol–water partition coefficient (Wildman–Crippen LogP) is 3.11. The van der Waals surface area contributed by atoms with Crippen molar-refractivity contribution in [2.45, 2.75) is 43.9 Å². The molecule has 0 spiro atoms. The molecule has 5 heteroatoms. The first kappa shape index (κ1) is 13.9. The van der Waals surface area contributed by atoms with Crippen molar-refractivity contribution in [3.63, 3.8) is 0 Å². The summed E-state index contributed by atoms with van der Waals surface area (Å²) in [6.07, 6.45) is 5.33. The highest BCUT2D eigenvalue weighted by atomic mass is 32.2. The molecule has 1 heterocycles. The van der Waals surface area contributed by atoms with E-state index in [1.54, 1.807) is 23.1 Å². The van der Waals surface area contributed by atoms with Crippen LogP contribution in [0, 0.1) is 6.92 Å². The quantitative estimate of drug-likeness (QED) is 0.546. The minimum atomic E-state index is 1.05. The number of aryl methyl sites for hydroxylation is 1. The molecule has 0 fully saturated rings. The van der Waals surface area contributed by atoms with Crippen molar-refractivity contribution in [2.75, 3.05) is 18.8 Å². The number of aromatic nitrogens is 2. The van der Waals surface area contributed by atoms with Crippen LogP contribution in [0.1, 0.15) is 37.6 Å². The van der Waals surface area contributed by atoms with Gasteiger partial charge in [-0.25, -0.2) is 0 Å². The summed E-state index contributed by atoms with van der Waals surface area (Å²) in [6.45, 7) is 6.45. The van der Waals surface area contributed by atoms with E-state index in [2.05, 4.69) is 22.4 Å². The minimum Gasteiger partial charge on any atom is -0.316 e. The van der Waals surface area contributed by atoms with E-state index in [1.165, 1.54) is 25.7 Å². The molecule has 1 rings (SSSR count). The second kappa shape index (κ2) is 8.96. The van der Waals surface area contributed by atoms with Gasteiger partial charge >= 0.3 is 0 Å². The number of hydrogen-bond acceptors (Lipinski definition) is 5. The van der Waals surface area contributed by atoms with Gasteiger partial charge in [0.05, 0.1) is 0 Å². The average molecular weight is 259 g/mol. The van der Waals surface area contributed by atoms with Crippen molar-refractivity contribution in [1.29, 1.82) is 0 Å². The van der Waals surface area contributed by atoms with E-state index in [-0.39, 0.29) is 0 Å². The predicted molar refractivity (Wildman–Crippen MR) is 72.4 cm³/mol. The largest absolute Gasteiger partial charge is 0.316 e. The summed E-state index contributed by atoms with van der Waals surface area (Å²) in [5.41, 5.74) is 0. The Labute approximate surface area is 106 Å². The molecule has 3 nitrogen and oxygen atoms in total. The van der Waals surface area contributed by atoms with Gasteiger partial charge in [-0.15, -0.1) is 10.2 Å². The normalized spacial score (nSPS) is 10.9. The SMILES string of the molecule is CCCCCCNCCSc1nnc(C)s1. The fourth-order valence-corrected chi connectivity index (χ4v) is 3.13. The first-order valence-corrected chi connectivity index (χ1v) is 7.76. The molecular weight excluding hydrogens is 238 g/mol. The molecular formula is C11H21N3S2. The lowest BCUT2D eigenvalue weighted by molar-refractivity contribution is 0.613. The molecule has 0 amide bonds. The van der Waals surface area contributed by atoms with Crippen molar-refractivity contribution in [2.24, 2.45) is 0 Å². The molecule has 0 aromatic carbocycles. The topological polar surface area (TPSA) is 37.8 Å². The van der Waals surface area contributed by atoms with E-state index in [4.69, 9.17) is 0 Å². The second-order valence-electron chi connectivity index (χ2n) is 3.75. The monoisotopic (exact) mass is 259 g/mol. The first-order valence-electron chi connectivity index (χ1n) is 5.96. The zero-order valence-corrected chi connectivity index (χ0v) is 11.8. The van der Waals surface area contributed by atoms with Crippen molar-refractivity contribution in [3.8, 4) is 0 Å². The van der Waals surface area contributed by atoms with Gasteiger partial charge < -0.3 is 5.32 Å². The molecule has 16 heavy (non-hydrogen) atoms. The van der Waals surface area contributed by atoms with Crippen molar-refractivity contribution < 1.29 is 0 Å². The molecule has 0 saturated carbocycles. The smallest absolute Gasteiger partial charge is 0.174 e. The Morgan fingerprint density at radius 1 is 1.19 bits per heavy atom. The molecule has 0 aliphatic heterocycles. The summed E-state index contributed by atoms with van der Waals surface area (Å²) < 4.78 is 1.09. The zero-order chi connectivity index (χ0) is 11.6. The van der Waals surface area contributed by atoms with Gasteiger partial charge in [-0.2, -0.15) is 0 Å². The Bertz CT molecular complexity index is 276. The van der Waals surface area contributed by atoms with Crippen LogP contribution >= 0.6 is 23.1 Å². The van der Waals surface area contributed by atoms with Crippen LogP contribution in [0.2, 0.25) is 0 Å². The molecule has 0 saturated heterocycles. The minimum absolute atomic E-state index is 1.05. The van der Waals surface area contributed by atoms with E-state index in [9.17, 15) is 0 Å². The zero-order valence-electron chi connectivity index (χ0n) is 10.2. The standard InChI is InChI=1S/C11H21N3S2/c1-3-4-5-6-7-12-8-9-15-11-14-13-10(2)16-11/h12H,3-9H2,1-2H3. The maximum absolute atomic E-state index is 4.08. The number of thioether (sulfide) groups is 1. The molecule has 0 radical (unpaired) electrons. The van der Waals surface area contributed by atoms with Crippen LogP contribution in [-0.4, -0.2) is 29.0 Å². The number of unbranched alkanes of at least 4 members (excludes halogenated alkanes) is 3. The van der Waals surface area contributed by atoms with Gasteiger partial charge in [-0.05, 0) is 19.9 Å². The number of rotatable bonds is 9. The fourth-order valence-electron chi connectivity index (χ4n) is 1.35. The summed E-state index contributed by atoms with van der Waals surface area (Å²) in [7, 11) is 0. The molecule has 0 aliphatic carbocycles. The Balaban J connectivity index is 1.88. The Morgan fingerprint density at radius 2 is 2.06 bits per heavy atom. The van der Waals surface area contributed by atoms with E-state index >= 15 is 0 Å². The molecule has 0 aliphatic rings. The molecule has 92 valence electrons. The summed E-state index contributed by atoms with van der Waals surface area (Å²) in [5, 5.41) is 12.6. The lowest BCUT2D eigenvalue weighted by atomic mass is 10.2. The maximum atomic E-state index is 4.08. The van der Waals surface area contributed by atoms with Crippen LogP contribution in [-0.2, 0) is 0 Å². The van der Waals surface area contributed by atoms with Crippen molar-refractivity contribution in [1.82, 2.24) is 15.5 Å². The van der Waals surface area contributed by atoms with Crippen molar-refractivity contribution in [3.05, 3.63) is 5.01 Å². The fraction of sp³-hybridized carbons (Fsp3) is 0.818. The Hall–Kier alpha value is -0.130. The van der Waals surface area contributed by atoms with E-state index < -0.39 is 0 Å². The summed E-state index contributed by atoms with van der Waals surface area (Å²) >= 11 is 3.47. The Kier molecular flexibility index (Phi) is 7.80. The van der Waals surface area contributed by atoms with Gasteiger partial charge in [-0.1, -0.05) is 49.3 Å². The van der Waals surface area contributed by atoms with E-state index in [0.717, 1.165) is 28.2 Å². The Morgan fingerprint density at radius 3 is 2.75 bits per heavy atom. The summed E-state index contributed by atoms with van der Waals surface area (Å²) in [6, 6.07) is 0. The molecule has 1 aromatic heterocycles. The van der Waals surface area contributed by atoms with Gasteiger partial charge in [0.25, 0.3) is 0 Å². The third-order valence-electron chi connectivity index (χ3n) is 2.22. The molecule has 0 atom stereocenters. The highest BCUT2D eigenvalue weighted by molar-refractivity contribution is 8.01. The van der Waals surface area contributed by atoms with Crippen LogP contribution in [0.15, 0.2) is 4.34 Å². The maximum Gasteiger partial charge on any atom is 0.174 e. The van der Waals surface area contributed by atoms with Crippen LogP contribution in [0.25, 0.3) is 0 Å². The molecule has 0 unspecified atom stereocenters. The highest BCUT2D eigenvalue weighted by Crippen LogP contribution is 2.20. The third-order valence-corrected chi connectivity index (χ3v) is 4.19. The van der Waals surface area contributed by atoms with E-state index in [0.29, 0.717) is 0 Å².